The van der Waals surface area contributed by atoms with Crippen molar-refractivity contribution in [3.8, 4) is 11.3 Å². The summed E-state index contributed by atoms with van der Waals surface area (Å²) in [5.41, 5.74) is 4.15. The smallest absolute Gasteiger partial charge is 0.254 e. The zero-order valence-electron chi connectivity index (χ0n) is 21.5. The van der Waals surface area contributed by atoms with Crippen molar-refractivity contribution >= 4 is 22.7 Å². The normalized spacial score (nSPS) is 17.1. The predicted octanol–water partition coefficient (Wildman–Crippen LogP) is 4.96. The SMILES string of the molecule is O=C(c1ccccc1)N1CCC(N2CCN(C(=O)c3cc(-c4ccccc4)nc4ccccc34)CC2)CC1. The number of nitrogens with zero attached hydrogens (tertiary/aromatic N) is 4. The number of fused-ring (bicyclic) bond motifs is 1. The molecule has 2 aliphatic heterocycles. The minimum atomic E-state index is 0.0729. The molecule has 0 aliphatic carbocycles. The van der Waals surface area contributed by atoms with Crippen molar-refractivity contribution in [2.45, 2.75) is 18.9 Å². The first-order valence-electron chi connectivity index (χ1n) is 13.5. The largest absolute Gasteiger partial charge is 0.339 e. The third-order valence-corrected chi connectivity index (χ3v) is 7.91. The van der Waals surface area contributed by atoms with Crippen molar-refractivity contribution in [1.29, 1.82) is 0 Å². The Hall–Kier alpha value is -4.03. The highest BCUT2D eigenvalue weighted by atomic mass is 16.2. The van der Waals surface area contributed by atoms with Crippen LogP contribution in [0.2, 0.25) is 0 Å². The minimum Gasteiger partial charge on any atom is -0.339 e. The Balaban J connectivity index is 1.11. The number of hydrogen-bond donors (Lipinski definition) is 0. The van der Waals surface area contributed by atoms with Crippen molar-refractivity contribution in [2.24, 2.45) is 0 Å². The number of pyridine rings is 1. The van der Waals surface area contributed by atoms with E-state index >= 15 is 0 Å². The number of amides is 2. The van der Waals surface area contributed by atoms with E-state index in [1.54, 1.807) is 0 Å². The van der Waals surface area contributed by atoms with Crippen molar-refractivity contribution < 1.29 is 9.59 Å². The molecule has 0 unspecified atom stereocenters. The molecule has 6 rings (SSSR count). The van der Waals surface area contributed by atoms with Crippen LogP contribution in [0.4, 0.5) is 0 Å². The van der Waals surface area contributed by atoms with Crippen LogP contribution >= 0.6 is 0 Å². The van der Waals surface area contributed by atoms with Crippen LogP contribution in [0.15, 0.2) is 91.0 Å². The molecular weight excluding hydrogens is 472 g/mol. The summed E-state index contributed by atoms with van der Waals surface area (Å²) >= 11 is 0. The predicted molar refractivity (Wildman–Crippen MR) is 150 cm³/mol. The maximum absolute atomic E-state index is 13.8. The van der Waals surface area contributed by atoms with Gasteiger partial charge in [-0.25, -0.2) is 4.98 Å². The number of piperidine rings is 1. The number of rotatable bonds is 4. The summed E-state index contributed by atoms with van der Waals surface area (Å²) in [6.45, 7) is 4.69. The molecule has 1 aromatic heterocycles. The van der Waals surface area contributed by atoms with Gasteiger partial charge in [-0.2, -0.15) is 0 Å². The summed E-state index contributed by atoms with van der Waals surface area (Å²) in [7, 11) is 0. The number of carbonyl (C=O) groups is 2. The van der Waals surface area contributed by atoms with Crippen molar-refractivity contribution in [1.82, 2.24) is 19.7 Å². The number of aromatic nitrogens is 1. The molecule has 3 aromatic carbocycles. The van der Waals surface area contributed by atoms with Gasteiger partial charge in [-0.1, -0.05) is 66.7 Å². The molecule has 2 saturated heterocycles. The molecule has 6 nitrogen and oxygen atoms in total. The lowest BCUT2D eigenvalue weighted by atomic mass is 10.0. The summed E-state index contributed by atoms with van der Waals surface area (Å²) in [5.74, 6) is 0.197. The van der Waals surface area contributed by atoms with Gasteiger partial charge in [0.1, 0.15) is 0 Å². The molecule has 6 heteroatoms. The van der Waals surface area contributed by atoms with E-state index < -0.39 is 0 Å². The maximum atomic E-state index is 13.8. The topological polar surface area (TPSA) is 56.8 Å². The van der Waals surface area contributed by atoms with Crippen LogP contribution in [0.1, 0.15) is 33.6 Å². The van der Waals surface area contributed by atoms with Crippen LogP contribution in [0.5, 0.6) is 0 Å². The van der Waals surface area contributed by atoms with E-state index in [9.17, 15) is 9.59 Å². The molecule has 0 spiro atoms. The Morgan fingerprint density at radius 2 is 1.26 bits per heavy atom. The molecule has 38 heavy (non-hydrogen) atoms. The van der Waals surface area contributed by atoms with Crippen LogP contribution in [0, 0.1) is 0 Å². The zero-order valence-corrected chi connectivity index (χ0v) is 21.5. The Kier molecular flexibility index (Phi) is 6.88. The molecule has 192 valence electrons. The fourth-order valence-electron chi connectivity index (χ4n) is 5.77. The minimum absolute atomic E-state index is 0.0729. The third kappa shape index (κ3) is 4.92. The van der Waals surface area contributed by atoms with Crippen LogP contribution < -0.4 is 0 Å². The molecule has 2 aliphatic rings. The fourth-order valence-corrected chi connectivity index (χ4v) is 5.77. The number of piperazine rings is 1. The van der Waals surface area contributed by atoms with E-state index in [-0.39, 0.29) is 11.8 Å². The second-order valence-electron chi connectivity index (χ2n) is 10.2. The van der Waals surface area contributed by atoms with Crippen LogP contribution in [-0.4, -0.2) is 76.8 Å². The molecule has 0 atom stereocenters. The van der Waals surface area contributed by atoms with Crippen LogP contribution in [-0.2, 0) is 0 Å². The second kappa shape index (κ2) is 10.8. The average molecular weight is 505 g/mol. The molecule has 4 aromatic rings. The number of hydrogen-bond acceptors (Lipinski definition) is 4. The van der Waals surface area contributed by atoms with Gasteiger partial charge in [-0.05, 0) is 37.1 Å². The third-order valence-electron chi connectivity index (χ3n) is 7.91. The maximum Gasteiger partial charge on any atom is 0.254 e. The van der Waals surface area contributed by atoms with Crippen molar-refractivity contribution in [3.05, 3.63) is 102 Å². The number of likely N-dealkylation sites (tertiary alicyclic amines) is 1. The van der Waals surface area contributed by atoms with Crippen LogP contribution in [0.3, 0.4) is 0 Å². The number of carbonyl (C=O) groups excluding carboxylic acids is 2. The second-order valence-corrected chi connectivity index (χ2v) is 10.2. The van der Waals surface area contributed by atoms with E-state index in [0.29, 0.717) is 19.1 Å². The lowest BCUT2D eigenvalue weighted by Crippen LogP contribution is -2.54. The molecule has 0 radical (unpaired) electrons. The summed E-state index contributed by atoms with van der Waals surface area (Å²) in [5, 5.41) is 0.898. The lowest BCUT2D eigenvalue weighted by Gasteiger charge is -2.42. The van der Waals surface area contributed by atoms with Gasteiger partial charge in [0.15, 0.2) is 0 Å². The Morgan fingerprint density at radius 3 is 1.97 bits per heavy atom. The Bertz CT molecular complexity index is 1420. The number of para-hydroxylation sites is 1. The van der Waals surface area contributed by atoms with Gasteiger partial charge in [-0.15, -0.1) is 0 Å². The first-order chi connectivity index (χ1) is 18.7. The fraction of sp³-hybridized carbons (Fsp3) is 0.281. The number of benzene rings is 3. The lowest BCUT2D eigenvalue weighted by molar-refractivity contribution is 0.0413. The van der Waals surface area contributed by atoms with E-state index in [2.05, 4.69) is 4.90 Å². The summed E-state index contributed by atoms with van der Waals surface area (Å²) in [6, 6.07) is 29.9. The van der Waals surface area contributed by atoms with Crippen LogP contribution in [0.25, 0.3) is 22.2 Å². The first kappa shape index (κ1) is 24.3. The molecule has 0 N–H and O–H groups in total. The van der Waals surface area contributed by atoms with Gasteiger partial charge in [0.05, 0.1) is 16.8 Å². The monoisotopic (exact) mass is 504 g/mol. The molecule has 2 amide bonds. The molecule has 0 bridgehead atoms. The molecule has 2 fully saturated rings. The summed E-state index contributed by atoms with van der Waals surface area (Å²) < 4.78 is 0. The quantitative estimate of drug-likeness (QED) is 0.394. The summed E-state index contributed by atoms with van der Waals surface area (Å²) in [6.07, 6.45) is 1.95. The standard InChI is InChI=1S/C32H32N4O2/c37-31(25-11-5-2-6-12-25)35-17-15-26(16-18-35)34-19-21-36(22-20-34)32(38)28-23-30(24-9-3-1-4-10-24)33-29-14-8-7-13-27(28)29/h1-14,23,26H,15-22H2. The highest BCUT2D eigenvalue weighted by Gasteiger charge is 2.31. The van der Waals surface area contributed by atoms with Crippen molar-refractivity contribution in [3.63, 3.8) is 0 Å². The van der Waals surface area contributed by atoms with Crippen molar-refractivity contribution in [2.75, 3.05) is 39.3 Å². The van der Waals surface area contributed by atoms with Gasteiger partial charge in [0.25, 0.3) is 11.8 Å². The Labute approximate surface area is 223 Å². The van der Waals surface area contributed by atoms with E-state index in [1.165, 1.54) is 0 Å². The van der Waals surface area contributed by atoms with Gasteiger partial charge in [-0.3, -0.25) is 14.5 Å². The molecule has 3 heterocycles. The highest BCUT2D eigenvalue weighted by Crippen LogP contribution is 2.27. The van der Waals surface area contributed by atoms with Gasteiger partial charge < -0.3 is 9.80 Å². The van der Waals surface area contributed by atoms with E-state index in [1.807, 2.05) is 101 Å². The van der Waals surface area contributed by atoms with Gasteiger partial charge in [0.2, 0.25) is 0 Å². The first-order valence-corrected chi connectivity index (χ1v) is 13.5. The summed E-state index contributed by atoms with van der Waals surface area (Å²) in [4.78, 5) is 37.9. The average Bonchev–Trinajstić information content (AvgIpc) is 3.01. The van der Waals surface area contributed by atoms with Gasteiger partial charge >= 0.3 is 0 Å². The van der Waals surface area contributed by atoms with Gasteiger partial charge in [0, 0.05) is 61.8 Å². The van der Waals surface area contributed by atoms with E-state index in [0.717, 1.165) is 72.3 Å². The molecular formula is C32H32N4O2. The Morgan fingerprint density at radius 1 is 0.658 bits per heavy atom. The highest BCUT2D eigenvalue weighted by molar-refractivity contribution is 6.07. The van der Waals surface area contributed by atoms with E-state index in [4.69, 9.17) is 4.98 Å². The zero-order chi connectivity index (χ0) is 25.9. The molecule has 0 saturated carbocycles.